The molecule has 3 aromatic heterocycles. The fourth-order valence-electron chi connectivity index (χ4n) is 3.86. The number of H-pyrrole nitrogens is 1. The van der Waals surface area contributed by atoms with E-state index in [-0.39, 0.29) is 47.5 Å². The number of hydrogen-bond acceptors (Lipinski definition) is 8. The molecule has 1 amide bonds. The number of aromatic nitrogens is 5. The Morgan fingerprint density at radius 3 is 2.65 bits per heavy atom. The molecule has 180 valence electrons. The number of amides is 1. The minimum atomic E-state index is -3.82. The second kappa shape index (κ2) is 9.60. The molecule has 2 atom stereocenters. The van der Waals surface area contributed by atoms with E-state index in [2.05, 4.69) is 30.2 Å². The van der Waals surface area contributed by atoms with Gasteiger partial charge >= 0.3 is 0 Å². The maximum Gasteiger partial charge on any atom is 0.246 e. The molecule has 0 unspecified atom stereocenters. The number of hydrogen-bond donors (Lipinski definition) is 3. The number of imidazole rings is 1. The number of aromatic amines is 1. The number of sulfonamides is 1. The van der Waals surface area contributed by atoms with Crippen molar-refractivity contribution in [3.63, 3.8) is 0 Å². The summed E-state index contributed by atoms with van der Waals surface area (Å²) in [5.41, 5.74) is 6.21. The molecule has 3 aromatic rings. The van der Waals surface area contributed by atoms with Crippen molar-refractivity contribution in [3.8, 4) is 11.5 Å². The van der Waals surface area contributed by atoms with E-state index in [1.54, 1.807) is 0 Å². The van der Waals surface area contributed by atoms with E-state index in [9.17, 15) is 17.6 Å². The molecule has 0 aliphatic carbocycles. The second-order valence-electron chi connectivity index (χ2n) is 7.95. The molecular formula is C20H22ClFN8O3S. The molecule has 4 N–H and O–H groups in total. The molecular weight excluding hydrogens is 487 g/mol. The van der Waals surface area contributed by atoms with Crippen LogP contribution >= 0.6 is 11.6 Å². The van der Waals surface area contributed by atoms with Crippen molar-refractivity contribution in [1.82, 2.24) is 29.2 Å². The van der Waals surface area contributed by atoms with E-state index < -0.39 is 21.7 Å². The lowest BCUT2D eigenvalue weighted by Gasteiger charge is -2.35. The van der Waals surface area contributed by atoms with Crippen LogP contribution in [0.2, 0.25) is 5.15 Å². The average Bonchev–Trinajstić information content (AvgIpc) is 3.19. The van der Waals surface area contributed by atoms with Gasteiger partial charge in [-0.05, 0) is 24.5 Å². The molecule has 0 bridgehead atoms. The number of anilines is 1. The fraction of sp³-hybridized carbons (Fsp3) is 0.350. The van der Waals surface area contributed by atoms with Gasteiger partial charge in [0.2, 0.25) is 21.9 Å². The van der Waals surface area contributed by atoms with Crippen LogP contribution in [0.5, 0.6) is 0 Å². The molecule has 0 saturated carbocycles. The third kappa shape index (κ3) is 5.00. The minimum Gasteiger partial charge on any atom is -0.368 e. The SMILES string of the molecule is C[C@H]1CN(S(=O)(=O)c2cnc(NCC(N)=O)nc2)CC[C@H]1c1[nH]c(-c2ccc(F)cn2)nc1Cl. The molecule has 0 radical (unpaired) electrons. The molecule has 34 heavy (non-hydrogen) atoms. The smallest absolute Gasteiger partial charge is 0.246 e. The monoisotopic (exact) mass is 508 g/mol. The molecule has 4 heterocycles. The van der Waals surface area contributed by atoms with Crippen LogP contribution in [0.3, 0.4) is 0 Å². The largest absolute Gasteiger partial charge is 0.368 e. The highest BCUT2D eigenvalue weighted by atomic mass is 35.5. The predicted molar refractivity (Wildman–Crippen MR) is 122 cm³/mol. The maximum absolute atomic E-state index is 13.2. The van der Waals surface area contributed by atoms with Gasteiger partial charge in [0.25, 0.3) is 0 Å². The average molecular weight is 509 g/mol. The lowest BCUT2D eigenvalue weighted by Crippen LogP contribution is -2.42. The van der Waals surface area contributed by atoms with Gasteiger partial charge in [0.1, 0.15) is 16.4 Å². The first-order valence-electron chi connectivity index (χ1n) is 10.4. The summed E-state index contributed by atoms with van der Waals surface area (Å²) in [7, 11) is -3.82. The zero-order valence-electron chi connectivity index (χ0n) is 18.1. The van der Waals surface area contributed by atoms with E-state index in [0.717, 1.165) is 6.20 Å². The molecule has 11 nitrogen and oxygen atoms in total. The van der Waals surface area contributed by atoms with Crippen molar-refractivity contribution >= 4 is 33.5 Å². The number of rotatable bonds is 7. The lowest BCUT2D eigenvalue weighted by atomic mass is 9.86. The fourth-order valence-corrected chi connectivity index (χ4v) is 5.58. The first kappa shape index (κ1) is 24.0. The highest BCUT2D eigenvalue weighted by Gasteiger charge is 2.36. The normalized spacial score (nSPS) is 19.1. The summed E-state index contributed by atoms with van der Waals surface area (Å²) >= 11 is 6.38. The van der Waals surface area contributed by atoms with E-state index in [1.165, 1.54) is 28.8 Å². The first-order chi connectivity index (χ1) is 16.1. The topological polar surface area (TPSA) is 160 Å². The number of piperidine rings is 1. The van der Waals surface area contributed by atoms with Crippen LogP contribution < -0.4 is 11.1 Å². The highest BCUT2D eigenvalue weighted by molar-refractivity contribution is 7.89. The highest BCUT2D eigenvalue weighted by Crippen LogP contribution is 2.37. The van der Waals surface area contributed by atoms with Gasteiger partial charge in [0, 0.05) is 19.0 Å². The predicted octanol–water partition coefficient (Wildman–Crippen LogP) is 1.77. The number of halogens is 2. The zero-order chi connectivity index (χ0) is 24.5. The summed E-state index contributed by atoms with van der Waals surface area (Å²) in [6.45, 7) is 2.30. The zero-order valence-corrected chi connectivity index (χ0v) is 19.6. The molecule has 4 rings (SSSR count). The van der Waals surface area contributed by atoms with Crippen LogP contribution in [0.4, 0.5) is 10.3 Å². The summed E-state index contributed by atoms with van der Waals surface area (Å²) < 4.78 is 40.8. The van der Waals surface area contributed by atoms with Gasteiger partial charge in [0.05, 0.1) is 30.8 Å². The first-order valence-corrected chi connectivity index (χ1v) is 12.2. The third-order valence-electron chi connectivity index (χ3n) is 5.58. The van der Waals surface area contributed by atoms with Crippen molar-refractivity contribution in [1.29, 1.82) is 0 Å². The van der Waals surface area contributed by atoms with Gasteiger partial charge in [0.15, 0.2) is 11.0 Å². The number of nitrogens with one attached hydrogen (secondary N) is 2. The molecule has 1 saturated heterocycles. The number of nitrogens with two attached hydrogens (primary N) is 1. The summed E-state index contributed by atoms with van der Waals surface area (Å²) in [4.78, 5) is 30.2. The molecule has 1 fully saturated rings. The van der Waals surface area contributed by atoms with Gasteiger partial charge in [-0.3, -0.25) is 4.79 Å². The second-order valence-corrected chi connectivity index (χ2v) is 10.2. The van der Waals surface area contributed by atoms with Gasteiger partial charge in [-0.2, -0.15) is 4.31 Å². The number of carbonyl (C=O) groups is 1. The summed E-state index contributed by atoms with van der Waals surface area (Å²) in [6, 6.07) is 2.79. The van der Waals surface area contributed by atoms with Crippen molar-refractivity contribution in [3.05, 3.63) is 47.4 Å². The van der Waals surface area contributed by atoms with E-state index in [4.69, 9.17) is 17.3 Å². The van der Waals surface area contributed by atoms with Crippen LogP contribution in [0.25, 0.3) is 11.5 Å². The molecule has 0 aromatic carbocycles. The number of pyridine rings is 1. The van der Waals surface area contributed by atoms with Crippen molar-refractivity contribution in [2.75, 3.05) is 25.0 Å². The minimum absolute atomic E-state index is 0.0491. The number of carbonyl (C=O) groups excluding carboxylic acids is 1. The van der Waals surface area contributed by atoms with Crippen LogP contribution in [-0.4, -0.2) is 63.2 Å². The summed E-state index contributed by atoms with van der Waals surface area (Å²) in [5.74, 6) is -0.652. The maximum atomic E-state index is 13.2. The number of nitrogens with zero attached hydrogens (tertiary/aromatic N) is 5. The Bertz CT molecular complexity index is 1280. The summed E-state index contributed by atoms with van der Waals surface area (Å²) in [5, 5.41) is 2.88. The van der Waals surface area contributed by atoms with Crippen molar-refractivity contribution in [2.45, 2.75) is 24.2 Å². The van der Waals surface area contributed by atoms with Gasteiger partial charge in [-0.25, -0.2) is 32.7 Å². The number of primary amides is 1. The van der Waals surface area contributed by atoms with E-state index >= 15 is 0 Å². The Morgan fingerprint density at radius 2 is 2.03 bits per heavy atom. The molecule has 14 heteroatoms. The van der Waals surface area contributed by atoms with E-state index in [0.29, 0.717) is 23.6 Å². The molecule has 0 spiro atoms. The van der Waals surface area contributed by atoms with Gasteiger partial charge < -0.3 is 16.0 Å². The van der Waals surface area contributed by atoms with Crippen LogP contribution in [0, 0.1) is 11.7 Å². The molecule has 1 aliphatic rings. The van der Waals surface area contributed by atoms with Gasteiger partial charge in [-0.1, -0.05) is 18.5 Å². The van der Waals surface area contributed by atoms with Crippen LogP contribution in [-0.2, 0) is 14.8 Å². The van der Waals surface area contributed by atoms with Crippen LogP contribution in [0.1, 0.15) is 25.0 Å². The Balaban J connectivity index is 1.47. The van der Waals surface area contributed by atoms with Crippen molar-refractivity contribution in [2.24, 2.45) is 11.7 Å². The van der Waals surface area contributed by atoms with E-state index in [1.807, 2.05) is 6.92 Å². The van der Waals surface area contributed by atoms with Gasteiger partial charge in [-0.15, -0.1) is 0 Å². The quantitative estimate of drug-likeness (QED) is 0.435. The Labute approximate surface area is 200 Å². The Morgan fingerprint density at radius 1 is 1.29 bits per heavy atom. The lowest BCUT2D eigenvalue weighted by molar-refractivity contribution is -0.116. The third-order valence-corrected chi connectivity index (χ3v) is 7.69. The molecule has 1 aliphatic heterocycles. The van der Waals surface area contributed by atoms with Crippen molar-refractivity contribution < 1.29 is 17.6 Å². The standard InChI is InChI=1S/C20H22ClFN8O3S/c1-11-10-30(34(32,33)13-7-25-20(26-8-13)27-9-16(23)31)5-4-14(11)17-18(21)29-19(28-17)15-3-2-12(22)6-24-15/h2-3,6-8,11,14H,4-5,9-10H2,1H3,(H2,23,31)(H,28,29)(H,25,26,27)/t11-,14+/m0/s1. The van der Waals surface area contributed by atoms with Crippen LogP contribution in [0.15, 0.2) is 35.6 Å². The summed E-state index contributed by atoms with van der Waals surface area (Å²) in [6.07, 6.45) is 3.99. The Kier molecular flexibility index (Phi) is 6.77. The Hall–Kier alpha value is -3.16.